The van der Waals surface area contributed by atoms with Gasteiger partial charge in [-0.15, -0.1) is 11.3 Å². The Kier molecular flexibility index (Phi) is 5.59. The fourth-order valence-electron chi connectivity index (χ4n) is 5.59. The molecule has 1 atom stereocenters. The quantitative estimate of drug-likeness (QED) is 0.509. The standard InChI is InChI=1S/C26H28N2O2S2/c1-26(2)12-20-24(21(29)13-26)18(16-9-10-31-15-16)11-23(30)28(20)25-19(14-27)17-7-5-3-4-6-8-22(17)32-25/h9-10,15,18H,3-8,11-13H2,1-2H3/t18-/m0/s1. The Balaban J connectivity index is 1.69. The molecule has 2 aliphatic carbocycles. The van der Waals surface area contributed by atoms with Gasteiger partial charge in [0.15, 0.2) is 5.78 Å². The van der Waals surface area contributed by atoms with Crippen LogP contribution in [-0.2, 0) is 22.4 Å². The van der Waals surface area contributed by atoms with Crippen LogP contribution in [0.1, 0.15) is 86.3 Å². The molecule has 0 N–H and O–H groups in total. The molecule has 166 valence electrons. The Bertz CT molecular complexity index is 1150. The number of nitrogens with zero attached hydrogens (tertiary/aromatic N) is 2. The number of thiophene rings is 2. The second kappa shape index (κ2) is 8.28. The number of hydrogen-bond acceptors (Lipinski definition) is 5. The van der Waals surface area contributed by atoms with Gasteiger partial charge in [-0.25, -0.2) is 0 Å². The van der Waals surface area contributed by atoms with Gasteiger partial charge in [0, 0.05) is 34.9 Å². The first-order chi connectivity index (χ1) is 15.4. The maximum Gasteiger partial charge on any atom is 0.232 e. The lowest BCUT2D eigenvalue weighted by Gasteiger charge is -2.42. The number of fused-ring (bicyclic) bond motifs is 1. The summed E-state index contributed by atoms with van der Waals surface area (Å²) in [7, 11) is 0. The number of amides is 1. The summed E-state index contributed by atoms with van der Waals surface area (Å²) in [6.45, 7) is 4.20. The fourth-order valence-corrected chi connectivity index (χ4v) is 7.68. The molecule has 2 aromatic heterocycles. The van der Waals surface area contributed by atoms with Gasteiger partial charge in [-0.3, -0.25) is 14.5 Å². The average molecular weight is 465 g/mol. The number of carbonyl (C=O) groups excluding carboxylic acids is 2. The minimum absolute atomic E-state index is 0.0103. The zero-order valence-corrected chi connectivity index (χ0v) is 20.3. The Morgan fingerprint density at radius 3 is 2.62 bits per heavy atom. The summed E-state index contributed by atoms with van der Waals surface area (Å²) in [6, 6.07) is 4.48. The fraction of sp³-hybridized carbons (Fsp3) is 0.500. The Labute approximate surface area is 197 Å². The lowest BCUT2D eigenvalue weighted by Crippen LogP contribution is -2.43. The van der Waals surface area contributed by atoms with Crippen molar-refractivity contribution in [2.75, 3.05) is 4.90 Å². The molecule has 0 fully saturated rings. The molecule has 32 heavy (non-hydrogen) atoms. The van der Waals surface area contributed by atoms with Gasteiger partial charge in [-0.1, -0.05) is 26.7 Å². The number of nitriles is 1. The summed E-state index contributed by atoms with van der Waals surface area (Å²) >= 11 is 3.21. The van der Waals surface area contributed by atoms with Crippen LogP contribution >= 0.6 is 22.7 Å². The number of carbonyl (C=O) groups is 2. The van der Waals surface area contributed by atoms with Crippen molar-refractivity contribution in [2.45, 2.75) is 77.6 Å². The number of Topliss-reactive ketones (excluding diaryl/α,β-unsaturated/α-hetero) is 1. The normalized spacial score (nSPS) is 23.3. The second-order valence-electron chi connectivity index (χ2n) is 10.1. The third-order valence-corrected chi connectivity index (χ3v) is 9.03. The molecule has 0 saturated carbocycles. The SMILES string of the molecule is CC1(C)CC(=O)C2=C(C1)N(c1sc3c(c1C#N)CCCCCC3)C(=O)C[C@H]2c1ccsc1. The Morgan fingerprint density at radius 1 is 1.12 bits per heavy atom. The predicted octanol–water partition coefficient (Wildman–Crippen LogP) is 6.50. The van der Waals surface area contributed by atoms with E-state index in [2.05, 4.69) is 25.3 Å². The van der Waals surface area contributed by atoms with Crippen LogP contribution in [0.15, 0.2) is 28.1 Å². The van der Waals surface area contributed by atoms with Crippen LogP contribution in [0.25, 0.3) is 0 Å². The number of allylic oxidation sites excluding steroid dienone is 2. The minimum atomic E-state index is -0.205. The van der Waals surface area contributed by atoms with E-state index < -0.39 is 0 Å². The van der Waals surface area contributed by atoms with Crippen LogP contribution in [0, 0.1) is 16.7 Å². The van der Waals surface area contributed by atoms with E-state index in [0.717, 1.165) is 53.1 Å². The number of anilines is 1. The first-order valence-electron chi connectivity index (χ1n) is 11.6. The molecule has 0 unspecified atom stereocenters. The molecule has 6 heteroatoms. The van der Waals surface area contributed by atoms with E-state index in [4.69, 9.17) is 0 Å². The van der Waals surface area contributed by atoms with E-state index in [-0.39, 0.29) is 29.4 Å². The van der Waals surface area contributed by atoms with Gasteiger partial charge in [0.2, 0.25) is 5.91 Å². The molecule has 0 saturated heterocycles. The van der Waals surface area contributed by atoms with E-state index in [1.165, 1.54) is 17.7 Å². The molecule has 5 rings (SSSR count). The molecule has 2 aromatic rings. The highest BCUT2D eigenvalue weighted by Crippen LogP contribution is 2.51. The minimum Gasteiger partial charge on any atom is -0.294 e. The Hall–Kier alpha value is -2.23. The Morgan fingerprint density at radius 2 is 1.91 bits per heavy atom. The maximum atomic E-state index is 13.7. The summed E-state index contributed by atoms with van der Waals surface area (Å²) in [5.74, 6) is -0.00956. The van der Waals surface area contributed by atoms with Crippen molar-refractivity contribution < 1.29 is 9.59 Å². The number of aryl methyl sites for hydroxylation is 1. The van der Waals surface area contributed by atoms with Gasteiger partial charge >= 0.3 is 0 Å². The number of rotatable bonds is 2. The molecule has 0 aromatic carbocycles. The van der Waals surface area contributed by atoms with Crippen molar-refractivity contribution in [3.8, 4) is 6.07 Å². The zero-order chi connectivity index (χ0) is 22.5. The van der Waals surface area contributed by atoms with Crippen LogP contribution in [0.3, 0.4) is 0 Å². The van der Waals surface area contributed by atoms with Gasteiger partial charge in [0.1, 0.15) is 11.1 Å². The second-order valence-corrected chi connectivity index (χ2v) is 11.9. The summed E-state index contributed by atoms with van der Waals surface area (Å²) in [4.78, 5) is 30.1. The molecule has 0 radical (unpaired) electrons. The van der Waals surface area contributed by atoms with Gasteiger partial charge in [-0.05, 0) is 65.5 Å². The largest absolute Gasteiger partial charge is 0.294 e. The molecule has 0 spiro atoms. The maximum absolute atomic E-state index is 13.7. The summed E-state index contributed by atoms with van der Waals surface area (Å²) < 4.78 is 0. The molecular weight excluding hydrogens is 436 g/mol. The van der Waals surface area contributed by atoms with Gasteiger partial charge in [-0.2, -0.15) is 16.6 Å². The van der Waals surface area contributed by atoms with E-state index in [9.17, 15) is 14.9 Å². The highest BCUT2D eigenvalue weighted by molar-refractivity contribution is 7.16. The van der Waals surface area contributed by atoms with Crippen LogP contribution in [0.5, 0.6) is 0 Å². The number of hydrogen-bond donors (Lipinski definition) is 0. The van der Waals surface area contributed by atoms with Crippen molar-refractivity contribution in [3.63, 3.8) is 0 Å². The third kappa shape index (κ3) is 3.66. The lowest BCUT2D eigenvalue weighted by molar-refractivity contribution is -0.120. The van der Waals surface area contributed by atoms with Crippen molar-refractivity contribution in [1.29, 1.82) is 5.26 Å². The monoisotopic (exact) mass is 464 g/mol. The van der Waals surface area contributed by atoms with Gasteiger partial charge in [0.05, 0.1) is 5.56 Å². The first-order valence-corrected chi connectivity index (χ1v) is 13.3. The van der Waals surface area contributed by atoms with E-state index in [1.807, 2.05) is 11.4 Å². The lowest BCUT2D eigenvalue weighted by atomic mass is 9.69. The van der Waals surface area contributed by atoms with Crippen LogP contribution in [-0.4, -0.2) is 11.7 Å². The van der Waals surface area contributed by atoms with E-state index >= 15 is 0 Å². The molecule has 4 nitrogen and oxygen atoms in total. The van der Waals surface area contributed by atoms with Crippen molar-refractivity contribution in [3.05, 3.63) is 49.7 Å². The van der Waals surface area contributed by atoms with Gasteiger partial charge < -0.3 is 0 Å². The first kappa shape index (κ1) is 21.6. The topological polar surface area (TPSA) is 61.2 Å². The highest BCUT2D eigenvalue weighted by Gasteiger charge is 2.45. The van der Waals surface area contributed by atoms with Crippen molar-refractivity contribution in [2.24, 2.45) is 5.41 Å². The molecule has 3 heterocycles. The molecular formula is C26H28N2O2S2. The smallest absolute Gasteiger partial charge is 0.232 e. The molecule has 1 aliphatic heterocycles. The van der Waals surface area contributed by atoms with Crippen LogP contribution in [0.4, 0.5) is 5.00 Å². The molecule has 3 aliphatic rings. The van der Waals surface area contributed by atoms with Gasteiger partial charge in [0.25, 0.3) is 0 Å². The molecule has 1 amide bonds. The number of ketones is 1. The zero-order valence-electron chi connectivity index (χ0n) is 18.7. The summed E-state index contributed by atoms with van der Waals surface area (Å²) in [6.07, 6.45) is 7.98. The third-order valence-electron chi connectivity index (χ3n) is 7.06. The van der Waals surface area contributed by atoms with Crippen LogP contribution in [0.2, 0.25) is 0 Å². The summed E-state index contributed by atoms with van der Waals surface area (Å²) in [5, 5.41) is 15.0. The summed E-state index contributed by atoms with van der Waals surface area (Å²) in [5.41, 5.74) is 4.29. The molecule has 0 bridgehead atoms. The van der Waals surface area contributed by atoms with E-state index in [0.29, 0.717) is 18.4 Å². The van der Waals surface area contributed by atoms with Crippen molar-refractivity contribution >= 4 is 39.4 Å². The van der Waals surface area contributed by atoms with E-state index in [1.54, 1.807) is 27.6 Å². The predicted molar refractivity (Wildman–Crippen MR) is 129 cm³/mol. The average Bonchev–Trinajstić information content (AvgIpc) is 3.34. The highest BCUT2D eigenvalue weighted by atomic mass is 32.1. The van der Waals surface area contributed by atoms with Crippen molar-refractivity contribution in [1.82, 2.24) is 0 Å². The van der Waals surface area contributed by atoms with Crippen LogP contribution < -0.4 is 4.90 Å².